The molecule has 0 radical (unpaired) electrons. The van der Waals surface area contributed by atoms with Crippen LogP contribution in [0.4, 0.5) is 0 Å². The van der Waals surface area contributed by atoms with Crippen LogP contribution in [0, 0.1) is 0 Å². The summed E-state index contributed by atoms with van der Waals surface area (Å²) >= 11 is 0. The number of methoxy groups -OCH3 is 2. The summed E-state index contributed by atoms with van der Waals surface area (Å²) in [6.07, 6.45) is 2.11. The first-order chi connectivity index (χ1) is 8.93. The Kier molecular flexibility index (Phi) is 5.56. The van der Waals surface area contributed by atoms with E-state index in [0.717, 1.165) is 0 Å². The molecule has 1 aromatic rings. The summed E-state index contributed by atoms with van der Waals surface area (Å²) in [4.78, 5) is 4.05. The highest BCUT2D eigenvalue weighted by Gasteiger charge is 2.21. The Morgan fingerprint density at radius 2 is 2.05 bits per heavy atom. The molecular formula is C12H20N2O4S. The lowest BCUT2D eigenvalue weighted by Crippen LogP contribution is -2.29. The molecule has 1 rings (SSSR count). The van der Waals surface area contributed by atoms with E-state index in [2.05, 4.69) is 4.98 Å². The van der Waals surface area contributed by atoms with Gasteiger partial charge in [0.25, 0.3) is 0 Å². The predicted octanol–water partition coefficient (Wildman–Crippen LogP) is 0.751. The minimum absolute atomic E-state index is 0.0639. The molecule has 1 atom stereocenters. The van der Waals surface area contributed by atoms with Crippen LogP contribution in [0.3, 0.4) is 0 Å². The fourth-order valence-electron chi connectivity index (χ4n) is 1.66. The van der Waals surface area contributed by atoms with Gasteiger partial charge in [0, 0.05) is 18.3 Å². The average Bonchev–Trinajstić information content (AvgIpc) is 2.37. The standard InChI is InChI=1S/C12H20N2O4S/c1-4-9(13)7-19(15,16)8-10-12(18-3)11(17-2)5-6-14-10/h5-6,9H,4,7-8,13H2,1-3H3. The number of ether oxygens (including phenoxy) is 2. The molecule has 0 aliphatic carbocycles. The van der Waals surface area contributed by atoms with Gasteiger partial charge in [0.15, 0.2) is 21.3 Å². The Bertz CT molecular complexity index is 516. The van der Waals surface area contributed by atoms with E-state index in [1.165, 1.54) is 20.4 Å². The van der Waals surface area contributed by atoms with Crippen molar-refractivity contribution in [3.8, 4) is 11.5 Å². The zero-order valence-electron chi connectivity index (χ0n) is 11.4. The van der Waals surface area contributed by atoms with Gasteiger partial charge < -0.3 is 15.2 Å². The lowest BCUT2D eigenvalue weighted by molar-refractivity contribution is 0.350. The monoisotopic (exact) mass is 288 g/mol. The lowest BCUT2D eigenvalue weighted by atomic mass is 10.3. The molecule has 108 valence electrons. The smallest absolute Gasteiger partial charge is 0.183 e. The van der Waals surface area contributed by atoms with Crippen molar-refractivity contribution in [1.82, 2.24) is 4.98 Å². The molecule has 0 amide bonds. The third kappa shape index (κ3) is 4.36. The van der Waals surface area contributed by atoms with E-state index in [0.29, 0.717) is 23.6 Å². The number of sulfone groups is 1. The maximum Gasteiger partial charge on any atom is 0.183 e. The Morgan fingerprint density at radius 1 is 1.37 bits per heavy atom. The van der Waals surface area contributed by atoms with Crippen molar-refractivity contribution in [2.45, 2.75) is 25.1 Å². The van der Waals surface area contributed by atoms with Crippen molar-refractivity contribution in [1.29, 1.82) is 0 Å². The van der Waals surface area contributed by atoms with Gasteiger partial charge in [-0.15, -0.1) is 0 Å². The van der Waals surface area contributed by atoms with Crippen molar-refractivity contribution in [3.05, 3.63) is 18.0 Å². The summed E-state index contributed by atoms with van der Waals surface area (Å²) < 4.78 is 34.3. The summed E-state index contributed by atoms with van der Waals surface area (Å²) in [5, 5.41) is 0. The molecule has 0 bridgehead atoms. The fourth-order valence-corrected chi connectivity index (χ4v) is 3.29. The van der Waals surface area contributed by atoms with Crippen molar-refractivity contribution in [2.24, 2.45) is 5.73 Å². The van der Waals surface area contributed by atoms with E-state index < -0.39 is 9.84 Å². The fraction of sp³-hybridized carbons (Fsp3) is 0.583. The second-order valence-electron chi connectivity index (χ2n) is 4.22. The van der Waals surface area contributed by atoms with Crippen LogP contribution >= 0.6 is 0 Å². The molecule has 19 heavy (non-hydrogen) atoms. The molecule has 7 heteroatoms. The van der Waals surface area contributed by atoms with Gasteiger partial charge in [-0.25, -0.2) is 8.42 Å². The van der Waals surface area contributed by atoms with Gasteiger partial charge in [-0.05, 0) is 6.42 Å². The molecule has 0 aliphatic heterocycles. The quantitative estimate of drug-likeness (QED) is 0.796. The number of aromatic nitrogens is 1. The van der Waals surface area contributed by atoms with E-state index in [9.17, 15) is 8.42 Å². The molecule has 0 aromatic carbocycles. The third-order valence-corrected chi connectivity index (χ3v) is 4.36. The van der Waals surface area contributed by atoms with E-state index in [1.54, 1.807) is 6.07 Å². The SMILES string of the molecule is CCC(N)CS(=O)(=O)Cc1nccc(OC)c1OC. The van der Waals surface area contributed by atoms with Gasteiger partial charge in [-0.1, -0.05) is 6.92 Å². The van der Waals surface area contributed by atoms with Crippen LogP contribution in [0.1, 0.15) is 19.0 Å². The molecule has 0 aliphatic rings. The lowest BCUT2D eigenvalue weighted by Gasteiger charge is -2.13. The van der Waals surface area contributed by atoms with E-state index in [1.807, 2.05) is 6.92 Å². The van der Waals surface area contributed by atoms with Crippen LogP contribution in [-0.4, -0.2) is 39.4 Å². The molecule has 0 saturated carbocycles. The maximum atomic E-state index is 12.0. The third-order valence-electron chi connectivity index (χ3n) is 2.72. The van der Waals surface area contributed by atoms with E-state index >= 15 is 0 Å². The van der Waals surface area contributed by atoms with Crippen LogP contribution in [-0.2, 0) is 15.6 Å². The summed E-state index contributed by atoms with van der Waals surface area (Å²) in [5.74, 6) is 0.535. The molecule has 1 aromatic heterocycles. The van der Waals surface area contributed by atoms with Gasteiger partial charge in [0.2, 0.25) is 0 Å². The normalized spacial score (nSPS) is 13.1. The number of pyridine rings is 1. The molecule has 2 N–H and O–H groups in total. The highest BCUT2D eigenvalue weighted by Crippen LogP contribution is 2.30. The molecule has 0 spiro atoms. The van der Waals surface area contributed by atoms with Gasteiger partial charge in [0.05, 0.1) is 25.7 Å². The molecular weight excluding hydrogens is 268 g/mol. The highest BCUT2D eigenvalue weighted by molar-refractivity contribution is 7.90. The molecule has 0 saturated heterocycles. The van der Waals surface area contributed by atoms with Crippen molar-refractivity contribution in [2.75, 3.05) is 20.0 Å². The number of nitrogens with zero attached hydrogens (tertiary/aromatic N) is 1. The summed E-state index contributed by atoms with van der Waals surface area (Å²) in [6.45, 7) is 1.85. The minimum Gasteiger partial charge on any atom is -0.493 e. The molecule has 1 unspecified atom stereocenters. The van der Waals surface area contributed by atoms with Crippen LogP contribution in [0.2, 0.25) is 0 Å². The number of hydrogen-bond donors (Lipinski definition) is 1. The van der Waals surface area contributed by atoms with Gasteiger partial charge >= 0.3 is 0 Å². The minimum atomic E-state index is -3.33. The first-order valence-electron chi connectivity index (χ1n) is 5.95. The molecule has 1 heterocycles. The van der Waals surface area contributed by atoms with Gasteiger partial charge in [0.1, 0.15) is 5.69 Å². The summed E-state index contributed by atoms with van der Waals surface area (Å²) in [7, 11) is -0.386. The molecule has 6 nitrogen and oxygen atoms in total. The Morgan fingerprint density at radius 3 is 2.58 bits per heavy atom. The second-order valence-corrected chi connectivity index (χ2v) is 6.33. The van der Waals surface area contributed by atoms with E-state index in [-0.39, 0.29) is 17.5 Å². The second kappa shape index (κ2) is 6.72. The van der Waals surface area contributed by atoms with Gasteiger partial charge in [-0.2, -0.15) is 0 Å². The Labute approximate surface area is 113 Å². The van der Waals surface area contributed by atoms with E-state index in [4.69, 9.17) is 15.2 Å². The first-order valence-corrected chi connectivity index (χ1v) is 7.77. The van der Waals surface area contributed by atoms with Crippen LogP contribution in [0.5, 0.6) is 11.5 Å². The predicted molar refractivity (Wildman–Crippen MR) is 73.1 cm³/mol. The number of nitrogens with two attached hydrogens (primary N) is 1. The average molecular weight is 288 g/mol. The zero-order valence-corrected chi connectivity index (χ0v) is 12.2. The van der Waals surface area contributed by atoms with Crippen molar-refractivity contribution >= 4 is 9.84 Å². The van der Waals surface area contributed by atoms with Crippen LogP contribution < -0.4 is 15.2 Å². The summed E-state index contributed by atoms with van der Waals surface area (Å²) in [6, 6.07) is 1.26. The van der Waals surface area contributed by atoms with Crippen LogP contribution in [0.15, 0.2) is 12.3 Å². The number of rotatable bonds is 7. The molecule has 0 fully saturated rings. The van der Waals surface area contributed by atoms with Crippen molar-refractivity contribution in [3.63, 3.8) is 0 Å². The topological polar surface area (TPSA) is 91.5 Å². The largest absolute Gasteiger partial charge is 0.493 e. The van der Waals surface area contributed by atoms with Crippen LogP contribution in [0.25, 0.3) is 0 Å². The van der Waals surface area contributed by atoms with Crippen molar-refractivity contribution < 1.29 is 17.9 Å². The highest BCUT2D eigenvalue weighted by atomic mass is 32.2. The van der Waals surface area contributed by atoms with Gasteiger partial charge in [-0.3, -0.25) is 4.98 Å². The first kappa shape index (κ1) is 15.7. The maximum absolute atomic E-state index is 12.0. The summed E-state index contributed by atoms with van der Waals surface area (Å²) in [5.41, 5.74) is 6.02. The Balaban J connectivity index is 2.99. The number of hydrogen-bond acceptors (Lipinski definition) is 6. The zero-order chi connectivity index (χ0) is 14.5. The Hall–Kier alpha value is -1.34.